The molecule has 0 aromatic heterocycles. The SMILES string of the molecule is C=CCCOc1cccc(C2CCC(OC[C@H]3[C@@H](NS(C)(=O)=O)CCCN3C(=O)C=C)CC2)c1. The fourth-order valence-corrected chi connectivity index (χ4v) is 5.81. The van der Waals surface area contributed by atoms with Crippen LogP contribution in [0.15, 0.2) is 49.6 Å². The Balaban J connectivity index is 1.56. The van der Waals surface area contributed by atoms with E-state index in [2.05, 4.69) is 30.0 Å². The molecule has 1 amide bonds. The number of carbonyl (C=O) groups excluding carboxylic acids is 1. The highest BCUT2D eigenvalue weighted by atomic mass is 32.2. The van der Waals surface area contributed by atoms with Crippen molar-refractivity contribution in [1.29, 1.82) is 0 Å². The minimum Gasteiger partial charge on any atom is -0.493 e. The Morgan fingerprint density at radius 1 is 1.21 bits per heavy atom. The van der Waals surface area contributed by atoms with Crippen LogP contribution in [0, 0.1) is 0 Å². The highest BCUT2D eigenvalue weighted by molar-refractivity contribution is 7.88. The second-order valence-electron chi connectivity index (χ2n) is 9.25. The first-order valence-electron chi connectivity index (χ1n) is 12.2. The summed E-state index contributed by atoms with van der Waals surface area (Å²) in [6.07, 6.45) is 10.5. The van der Waals surface area contributed by atoms with E-state index in [1.165, 1.54) is 11.6 Å². The molecular formula is C26H38N2O5S. The van der Waals surface area contributed by atoms with Crippen LogP contribution in [-0.4, -0.2) is 63.4 Å². The Morgan fingerprint density at radius 3 is 2.65 bits per heavy atom. The molecule has 1 saturated heterocycles. The molecule has 34 heavy (non-hydrogen) atoms. The van der Waals surface area contributed by atoms with Crippen molar-refractivity contribution in [2.24, 2.45) is 0 Å². The predicted molar refractivity (Wildman–Crippen MR) is 134 cm³/mol. The molecule has 1 N–H and O–H groups in total. The standard InChI is InChI=1S/C26H38N2O5S/c1-4-6-17-32-23-10-7-9-21(18-23)20-12-14-22(15-13-20)33-19-25-24(27-34(3,30)31)11-8-16-28(25)26(29)5-2/h4-5,7,9-10,18,20,22,24-25,27H,1-2,6,8,11-17,19H2,3H3/t20?,22?,24-,25-/m0/s1. The molecule has 188 valence electrons. The highest BCUT2D eigenvalue weighted by Gasteiger charge is 2.36. The highest BCUT2D eigenvalue weighted by Crippen LogP contribution is 2.35. The van der Waals surface area contributed by atoms with E-state index in [0.717, 1.165) is 50.5 Å². The molecule has 1 saturated carbocycles. The molecule has 8 heteroatoms. The third-order valence-electron chi connectivity index (χ3n) is 6.70. The molecule has 7 nitrogen and oxygen atoms in total. The molecule has 1 aliphatic carbocycles. The maximum atomic E-state index is 12.4. The number of likely N-dealkylation sites (tertiary alicyclic amines) is 1. The van der Waals surface area contributed by atoms with E-state index in [0.29, 0.717) is 32.1 Å². The van der Waals surface area contributed by atoms with E-state index >= 15 is 0 Å². The average Bonchev–Trinajstić information content (AvgIpc) is 2.82. The number of sulfonamides is 1. The summed E-state index contributed by atoms with van der Waals surface area (Å²) >= 11 is 0. The molecule has 0 spiro atoms. The lowest BCUT2D eigenvalue weighted by atomic mass is 9.82. The lowest BCUT2D eigenvalue weighted by molar-refractivity contribution is -0.133. The van der Waals surface area contributed by atoms with Crippen LogP contribution < -0.4 is 9.46 Å². The van der Waals surface area contributed by atoms with Gasteiger partial charge in [0.25, 0.3) is 0 Å². The van der Waals surface area contributed by atoms with Crippen LogP contribution >= 0.6 is 0 Å². The van der Waals surface area contributed by atoms with Gasteiger partial charge < -0.3 is 14.4 Å². The van der Waals surface area contributed by atoms with Gasteiger partial charge in [-0.3, -0.25) is 4.79 Å². The van der Waals surface area contributed by atoms with Crippen molar-refractivity contribution in [1.82, 2.24) is 9.62 Å². The van der Waals surface area contributed by atoms with Crippen LogP contribution in [0.3, 0.4) is 0 Å². The van der Waals surface area contributed by atoms with E-state index in [9.17, 15) is 13.2 Å². The summed E-state index contributed by atoms with van der Waals surface area (Å²) in [6.45, 7) is 8.86. The van der Waals surface area contributed by atoms with E-state index in [1.807, 2.05) is 18.2 Å². The van der Waals surface area contributed by atoms with E-state index in [-0.39, 0.29) is 24.1 Å². The number of hydrogen-bond donors (Lipinski definition) is 1. The summed E-state index contributed by atoms with van der Waals surface area (Å²) in [4.78, 5) is 14.1. The van der Waals surface area contributed by atoms with Crippen molar-refractivity contribution >= 4 is 15.9 Å². The van der Waals surface area contributed by atoms with Crippen molar-refractivity contribution in [3.8, 4) is 5.75 Å². The van der Waals surface area contributed by atoms with Crippen molar-refractivity contribution < 1.29 is 22.7 Å². The monoisotopic (exact) mass is 490 g/mol. The van der Waals surface area contributed by atoms with Gasteiger partial charge in [0.15, 0.2) is 0 Å². The Kier molecular flexibility index (Phi) is 9.74. The minimum absolute atomic E-state index is 0.102. The Labute approximate surface area is 204 Å². The van der Waals surface area contributed by atoms with Crippen LogP contribution in [0.4, 0.5) is 0 Å². The molecule has 1 aliphatic heterocycles. The first kappa shape index (κ1) is 26.4. The van der Waals surface area contributed by atoms with Gasteiger partial charge >= 0.3 is 0 Å². The molecule has 0 unspecified atom stereocenters. The van der Waals surface area contributed by atoms with Gasteiger partial charge in [-0.2, -0.15) is 0 Å². The second kappa shape index (κ2) is 12.5. The molecule has 2 atom stereocenters. The second-order valence-corrected chi connectivity index (χ2v) is 11.0. The largest absolute Gasteiger partial charge is 0.493 e. The number of ether oxygens (including phenoxy) is 2. The third-order valence-corrected chi connectivity index (χ3v) is 7.43. The summed E-state index contributed by atoms with van der Waals surface area (Å²) < 4.78 is 38.5. The maximum absolute atomic E-state index is 12.4. The zero-order valence-corrected chi connectivity index (χ0v) is 21.0. The van der Waals surface area contributed by atoms with Gasteiger partial charge in [-0.1, -0.05) is 24.8 Å². The van der Waals surface area contributed by atoms with E-state index in [4.69, 9.17) is 9.47 Å². The smallest absolute Gasteiger partial charge is 0.246 e. The summed E-state index contributed by atoms with van der Waals surface area (Å²) in [5, 5.41) is 0. The number of nitrogens with zero attached hydrogens (tertiary/aromatic N) is 1. The molecule has 1 heterocycles. The predicted octanol–water partition coefficient (Wildman–Crippen LogP) is 3.78. The van der Waals surface area contributed by atoms with Crippen LogP contribution in [-0.2, 0) is 19.6 Å². The van der Waals surface area contributed by atoms with Gasteiger partial charge in [0.2, 0.25) is 15.9 Å². The molecule has 1 aromatic rings. The lowest BCUT2D eigenvalue weighted by Crippen LogP contribution is -2.58. The topological polar surface area (TPSA) is 84.9 Å². The fraction of sp³-hybridized carbons (Fsp3) is 0.577. The van der Waals surface area contributed by atoms with E-state index in [1.54, 1.807) is 4.90 Å². The third kappa shape index (κ3) is 7.68. The fourth-order valence-electron chi connectivity index (χ4n) is 4.98. The zero-order chi connectivity index (χ0) is 24.6. The number of rotatable bonds is 11. The van der Waals surface area contributed by atoms with Crippen LogP contribution in [0.5, 0.6) is 5.75 Å². The molecule has 1 aromatic carbocycles. The summed E-state index contributed by atoms with van der Waals surface area (Å²) in [7, 11) is -3.39. The summed E-state index contributed by atoms with van der Waals surface area (Å²) in [5.74, 6) is 1.18. The maximum Gasteiger partial charge on any atom is 0.246 e. The van der Waals surface area contributed by atoms with Gasteiger partial charge in [-0.15, -0.1) is 6.58 Å². The van der Waals surface area contributed by atoms with Crippen molar-refractivity contribution in [2.45, 2.75) is 69.1 Å². The van der Waals surface area contributed by atoms with Crippen molar-refractivity contribution in [2.75, 3.05) is 26.0 Å². The van der Waals surface area contributed by atoms with E-state index < -0.39 is 10.0 Å². The molecule has 2 aliphatic rings. The molecular weight excluding hydrogens is 452 g/mol. The Bertz CT molecular complexity index is 940. The van der Waals surface area contributed by atoms with Crippen molar-refractivity contribution in [3.05, 3.63) is 55.1 Å². The first-order chi connectivity index (χ1) is 16.3. The lowest BCUT2D eigenvalue weighted by Gasteiger charge is -2.41. The minimum atomic E-state index is -3.39. The Hall–Kier alpha value is -2.16. The molecule has 0 bridgehead atoms. The van der Waals surface area contributed by atoms with Crippen LogP contribution in [0.25, 0.3) is 0 Å². The number of nitrogens with one attached hydrogen (secondary N) is 1. The van der Waals surface area contributed by atoms with Gasteiger partial charge in [0, 0.05) is 12.6 Å². The number of hydrogen-bond acceptors (Lipinski definition) is 5. The average molecular weight is 491 g/mol. The first-order valence-corrected chi connectivity index (χ1v) is 14.1. The zero-order valence-electron chi connectivity index (χ0n) is 20.2. The van der Waals surface area contributed by atoms with Gasteiger partial charge in [0.05, 0.1) is 31.6 Å². The number of piperidine rings is 1. The molecule has 3 rings (SSSR count). The molecule has 2 fully saturated rings. The van der Waals surface area contributed by atoms with Crippen molar-refractivity contribution in [3.63, 3.8) is 0 Å². The van der Waals surface area contributed by atoms with Gasteiger partial charge in [0.1, 0.15) is 5.75 Å². The number of amides is 1. The molecule has 0 radical (unpaired) electrons. The quantitative estimate of drug-likeness (QED) is 0.290. The van der Waals surface area contributed by atoms with Gasteiger partial charge in [-0.05, 0) is 74.6 Å². The number of benzene rings is 1. The summed E-state index contributed by atoms with van der Waals surface area (Å²) in [6, 6.07) is 7.64. The Morgan fingerprint density at radius 2 is 1.97 bits per heavy atom. The normalized spacial score (nSPS) is 25.5. The number of carbonyl (C=O) groups is 1. The van der Waals surface area contributed by atoms with Crippen LogP contribution in [0.1, 0.15) is 56.4 Å². The summed E-state index contributed by atoms with van der Waals surface area (Å²) in [5.41, 5.74) is 1.29. The van der Waals surface area contributed by atoms with Crippen LogP contribution in [0.2, 0.25) is 0 Å². The van der Waals surface area contributed by atoms with Gasteiger partial charge in [-0.25, -0.2) is 13.1 Å².